The van der Waals surface area contributed by atoms with Crippen LogP contribution < -0.4 is 5.32 Å². The average molecular weight is 270 g/mol. The molecule has 1 aromatic carbocycles. The van der Waals surface area contributed by atoms with Gasteiger partial charge in [-0.3, -0.25) is 0 Å². The van der Waals surface area contributed by atoms with Crippen molar-refractivity contribution in [2.75, 3.05) is 5.32 Å². The summed E-state index contributed by atoms with van der Waals surface area (Å²) in [5.41, 5.74) is 3.12. The number of hydrogen-bond donors (Lipinski definition) is 1. The maximum atomic E-state index is 9.02. The molecule has 1 N–H and O–H groups in total. The molecule has 0 heterocycles. The Morgan fingerprint density at radius 1 is 1.25 bits per heavy atom. The molecule has 20 heavy (non-hydrogen) atoms. The molecule has 0 spiro atoms. The molecule has 0 aromatic heterocycles. The van der Waals surface area contributed by atoms with Crippen LogP contribution in [-0.2, 0) is 0 Å². The summed E-state index contributed by atoms with van der Waals surface area (Å²) in [5, 5.41) is 12.7. The Bertz CT molecular complexity index is 473. The van der Waals surface area contributed by atoms with Crippen LogP contribution in [0.25, 0.3) is 0 Å². The highest BCUT2D eigenvalue weighted by atomic mass is 14.9. The van der Waals surface area contributed by atoms with Crippen LogP contribution in [0.15, 0.2) is 18.2 Å². The van der Waals surface area contributed by atoms with Crippen LogP contribution in [0.1, 0.15) is 63.0 Å². The quantitative estimate of drug-likeness (QED) is 0.779. The summed E-state index contributed by atoms with van der Waals surface area (Å²) in [7, 11) is 0. The van der Waals surface area contributed by atoms with Gasteiger partial charge in [0, 0.05) is 11.7 Å². The van der Waals surface area contributed by atoms with Crippen molar-refractivity contribution in [3.8, 4) is 6.07 Å². The summed E-state index contributed by atoms with van der Waals surface area (Å²) in [6, 6.07) is 8.72. The largest absolute Gasteiger partial charge is 0.382 e. The van der Waals surface area contributed by atoms with Crippen LogP contribution >= 0.6 is 0 Å². The molecule has 2 rings (SSSR count). The summed E-state index contributed by atoms with van der Waals surface area (Å²) in [6.07, 6.45) is 9.30. The van der Waals surface area contributed by atoms with Gasteiger partial charge < -0.3 is 5.32 Å². The van der Waals surface area contributed by atoms with Gasteiger partial charge in [-0.25, -0.2) is 0 Å². The van der Waals surface area contributed by atoms with Crippen LogP contribution in [0.2, 0.25) is 0 Å². The highest BCUT2D eigenvalue weighted by molar-refractivity contribution is 5.55. The number of rotatable bonds is 4. The van der Waals surface area contributed by atoms with E-state index in [9.17, 15) is 0 Å². The first-order valence-electron chi connectivity index (χ1n) is 8.00. The molecule has 2 unspecified atom stereocenters. The molecular weight excluding hydrogens is 244 g/mol. The third-order valence-corrected chi connectivity index (χ3v) is 4.51. The number of anilines is 1. The highest BCUT2D eigenvalue weighted by Gasteiger charge is 2.18. The van der Waals surface area contributed by atoms with Gasteiger partial charge in [-0.15, -0.1) is 0 Å². The summed E-state index contributed by atoms with van der Waals surface area (Å²) in [5.74, 6) is 0.929. The molecule has 2 atom stereocenters. The fourth-order valence-corrected chi connectivity index (χ4v) is 3.29. The van der Waals surface area contributed by atoms with Gasteiger partial charge in [0.2, 0.25) is 0 Å². The number of hydrogen-bond acceptors (Lipinski definition) is 2. The van der Waals surface area contributed by atoms with E-state index in [1.54, 1.807) is 0 Å². The fraction of sp³-hybridized carbons (Fsp3) is 0.611. The molecule has 2 nitrogen and oxygen atoms in total. The Balaban J connectivity index is 1.98. The molecule has 1 saturated carbocycles. The van der Waals surface area contributed by atoms with Gasteiger partial charge in [-0.1, -0.05) is 38.7 Å². The molecule has 0 radical (unpaired) electrons. The van der Waals surface area contributed by atoms with Gasteiger partial charge >= 0.3 is 0 Å². The normalized spacial score (nSPS) is 22.9. The maximum Gasteiger partial charge on any atom is 0.0992 e. The lowest BCUT2D eigenvalue weighted by Gasteiger charge is -2.20. The molecule has 108 valence electrons. The number of nitriles is 1. The molecule has 1 aliphatic rings. The van der Waals surface area contributed by atoms with Gasteiger partial charge in [0.15, 0.2) is 0 Å². The third kappa shape index (κ3) is 4.00. The average Bonchev–Trinajstić information content (AvgIpc) is 2.67. The first-order valence-corrected chi connectivity index (χ1v) is 8.00. The minimum absolute atomic E-state index is 0.574. The van der Waals surface area contributed by atoms with Crippen molar-refractivity contribution >= 4 is 5.69 Å². The number of nitrogens with zero attached hydrogens (tertiary/aromatic N) is 1. The van der Waals surface area contributed by atoms with E-state index >= 15 is 0 Å². The van der Waals surface area contributed by atoms with Crippen LogP contribution in [0.5, 0.6) is 0 Å². The summed E-state index contributed by atoms with van der Waals surface area (Å²) >= 11 is 0. The Kier molecular flexibility index (Phi) is 5.47. The molecule has 1 aliphatic carbocycles. The summed E-state index contributed by atoms with van der Waals surface area (Å²) in [4.78, 5) is 0. The molecule has 1 aromatic rings. The second-order valence-corrected chi connectivity index (χ2v) is 6.15. The van der Waals surface area contributed by atoms with Crippen LogP contribution in [0.3, 0.4) is 0 Å². The Morgan fingerprint density at radius 2 is 2.10 bits per heavy atom. The van der Waals surface area contributed by atoms with Crippen molar-refractivity contribution in [3.63, 3.8) is 0 Å². The molecule has 2 heteroatoms. The van der Waals surface area contributed by atoms with Gasteiger partial charge in [0.1, 0.15) is 0 Å². The van der Waals surface area contributed by atoms with Crippen molar-refractivity contribution in [2.24, 2.45) is 5.92 Å². The van der Waals surface area contributed by atoms with Crippen molar-refractivity contribution < 1.29 is 0 Å². The zero-order valence-corrected chi connectivity index (χ0v) is 12.8. The first-order chi connectivity index (χ1) is 9.72. The predicted molar refractivity (Wildman–Crippen MR) is 84.8 cm³/mol. The van der Waals surface area contributed by atoms with E-state index in [1.807, 2.05) is 18.2 Å². The summed E-state index contributed by atoms with van der Waals surface area (Å²) in [6.45, 7) is 4.40. The van der Waals surface area contributed by atoms with E-state index in [-0.39, 0.29) is 0 Å². The minimum atomic E-state index is 0.574. The molecule has 0 aliphatic heterocycles. The maximum absolute atomic E-state index is 9.02. The Morgan fingerprint density at radius 3 is 2.85 bits per heavy atom. The van der Waals surface area contributed by atoms with Crippen molar-refractivity contribution in [1.29, 1.82) is 5.26 Å². The third-order valence-electron chi connectivity index (χ3n) is 4.51. The zero-order chi connectivity index (χ0) is 14.4. The zero-order valence-electron chi connectivity index (χ0n) is 12.8. The molecule has 0 saturated heterocycles. The smallest absolute Gasteiger partial charge is 0.0992 e. The van der Waals surface area contributed by atoms with E-state index in [2.05, 4.69) is 25.2 Å². The molecule has 0 bridgehead atoms. The predicted octanol–water partition coefficient (Wildman–Crippen LogP) is 5.03. The van der Waals surface area contributed by atoms with Gasteiger partial charge in [-0.05, 0) is 49.8 Å². The standard InChI is InChI=1S/C18H26N2/c1-3-5-15-6-4-7-17(11-10-15)20-18-12-16(13-19)9-8-14(18)2/h8-9,12,15,17,20H,3-7,10-11H2,1-2H3. The van der Waals surface area contributed by atoms with Crippen LogP contribution in [-0.4, -0.2) is 6.04 Å². The second kappa shape index (κ2) is 7.33. The fourth-order valence-electron chi connectivity index (χ4n) is 3.29. The SMILES string of the molecule is CCCC1CCCC(Nc2cc(C#N)ccc2C)CC1. The lowest BCUT2D eigenvalue weighted by Crippen LogP contribution is -2.19. The topological polar surface area (TPSA) is 35.8 Å². The number of nitrogens with one attached hydrogen (secondary N) is 1. The van der Waals surface area contributed by atoms with Crippen molar-refractivity contribution in [3.05, 3.63) is 29.3 Å². The minimum Gasteiger partial charge on any atom is -0.382 e. The van der Waals surface area contributed by atoms with E-state index in [4.69, 9.17) is 5.26 Å². The van der Waals surface area contributed by atoms with Crippen LogP contribution in [0, 0.1) is 24.2 Å². The van der Waals surface area contributed by atoms with E-state index in [0.29, 0.717) is 6.04 Å². The van der Waals surface area contributed by atoms with Gasteiger partial charge in [-0.2, -0.15) is 5.26 Å². The molecule has 0 amide bonds. The summed E-state index contributed by atoms with van der Waals surface area (Å²) < 4.78 is 0. The lowest BCUT2D eigenvalue weighted by molar-refractivity contribution is 0.422. The van der Waals surface area contributed by atoms with E-state index in [0.717, 1.165) is 17.2 Å². The van der Waals surface area contributed by atoms with Gasteiger partial charge in [0.05, 0.1) is 11.6 Å². The number of benzene rings is 1. The van der Waals surface area contributed by atoms with Crippen molar-refractivity contribution in [1.82, 2.24) is 0 Å². The highest BCUT2D eigenvalue weighted by Crippen LogP contribution is 2.29. The van der Waals surface area contributed by atoms with Gasteiger partial charge in [0.25, 0.3) is 0 Å². The van der Waals surface area contributed by atoms with Crippen molar-refractivity contribution in [2.45, 2.75) is 64.8 Å². The number of aryl methyl sites for hydroxylation is 1. The Hall–Kier alpha value is -1.49. The Labute approximate surface area is 123 Å². The monoisotopic (exact) mass is 270 g/mol. The molecule has 1 fully saturated rings. The van der Waals surface area contributed by atoms with Crippen LogP contribution in [0.4, 0.5) is 5.69 Å². The van der Waals surface area contributed by atoms with E-state index in [1.165, 1.54) is 50.5 Å². The lowest BCUT2D eigenvalue weighted by atomic mass is 9.95. The second-order valence-electron chi connectivity index (χ2n) is 6.15. The van der Waals surface area contributed by atoms with E-state index < -0.39 is 0 Å². The first kappa shape index (κ1) is 14.9. The molecular formula is C18H26N2.